The van der Waals surface area contributed by atoms with Crippen LogP contribution in [0.3, 0.4) is 0 Å². The third-order valence-corrected chi connectivity index (χ3v) is 15.0. The standard InChI is InChI=1S/C47H56ClFN4O10S2/c1-28(54)63-26-30-27-65-45-39(50-37(56)22-33-15-12-20-64-33)44(58)53(45)40(30)47(61)62-19-11-7-5-3-2-4-6-8-14-32(55)21-29-13-9-10-18-51(24-29)42-36(49)23-34-41(38(42)48)52(31-16-17-31)25-35(43(34)57)46(59)60/h12,15,20,23,25,29,31,39,45H,2-11,13-14,16-19,21-22,24,26-27H2,1H3,(H,50,56)(H,59,60)/t29-,39-,45-/m1/s1. The molecule has 2 saturated heterocycles. The first-order valence-electron chi connectivity index (χ1n) is 22.7. The summed E-state index contributed by atoms with van der Waals surface area (Å²) in [5.74, 6) is -3.31. The van der Waals surface area contributed by atoms with E-state index in [4.69, 9.17) is 21.1 Å². The molecule has 5 heterocycles. The smallest absolute Gasteiger partial charge is 0.355 e. The number of aromatic carboxylic acids is 1. The summed E-state index contributed by atoms with van der Waals surface area (Å²) < 4.78 is 28.4. The highest BCUT2D eigenvalue weighted by Crippen LogP contribution is 2.44. The Bertz CT molecular complexity index is 2380. The highest BCUT2D eigenvalue weighted by Gasteiger charge is 2.54. The number of ketones is 1. The molecule has 2 amide bonds. The molecule has 18 heteroatoms. The number of thioether (sulfide) groups is 1. The zero-order valence-electron chi connectivity index (χ0n) is 36.6. The second kappa shape index (κ2) is 22.2. The van der Waals surface area contributed by atoms with E-state index in [1.165, 1.54) is 41.1 Å². The summed E-state index contributed by atoms with van der Waals surface area (Å²) in [6.07, 6.45) is 13.7. The molecule has 65 heavy (non-hydrogen) atoms. The van der Waals surface area contributed by atoms with Gasteiger partial charge in [-0.25, -0.2) is 14.0 Å². The van der Waals surface area contributed by atoms with E-state index >= 15 is 4.39 Å². The van der Waals surface area contributed by atoms with E-state index in [2.05, 4.69) is 5.32 Å². The van der Waals surface area contributed by atoms with Crippen molar-refractivity contribution in [3.63, 3.8) is 0 Å². The van der Waals surface area contributed by atoms with Gasteiger partial charge < -0.3 is 29.4 Å². The van der Waals surface area contributed by atoms with Crippen LogP contribution < -0.4 is 15.6 Å². The zero-order valence-corrected chi connectivity index (χ0v) is 39.0. The fourth-order valence-corrected chi connectivity index (χ4v) is 11.5. The number of nitrogens with one attached hydrogen (secondary N) is 1. The number of carboxylic acids is 1. The lowest BCUT2D eigenvalue weighted by Crippen LogP contribution is -2.70. The third-order valence-electron chi connectivity index (χ3n) is 12.5. The van der Waals surface area contributed by atoms with E-state index in [1.807, 2.05) is 22.4 Å². The first kappa shape index (κ1) is 48.2. The number of nitrogens with zero attached hydrogens (tertiary/aromatic N) is 3. The minimum absolute atomic E-state index is 0.00227. The van der Waals surface area contributed by atoms with E-state index in [9.17, 15) is 38.7 Å². The Labute approximate surface area is 390 Å². The predicted octanol–water partition coefficient (Wildman–Crippen LogP) is 7.97. The summed E-state index contributed by atoms with van der Waals surface area (Å²) in [5, 5.41) is 13.9. The fourth-order valence-electron chi connectivity index (χ4n) is 9.02. The van der Waals surface area contributed by atoms with Gasteiger partial charge in [-0.2, -0.15) is 0 Å². The number of anilines is 1. The van der Waals surface area contributed by atoms with Gasteiger partial charge in [0.2, 0.25) is 11.3 Å². The van der Waals surface area contributed by atoms with Crippen molar-refractivity contribution in [1.82, 2.24) is 14.8 Å². The van der Waals surface area contributed by atoms with Crippen LogP contribution in [0.25, 0.3) is 10.9 Å². The lowest BCUT2D eigenvalue weighted by molar-refractivity contribution is -0.153. The van der Waals surface area contributed by atoms with Crippen LogP contribution in [0.5, 0.6) is 0 Å². The summed E-state index contributed by atoms with van der Waals surface area (Å²) in [4.78, 5) is 93.0. The Kier molecular flexibility index (Phi) is 16.4. The van der Waals surface area contributed by atoms with Crippen LogP contribution in [-0.2, 0) is 39.9 Å². The topological polar surface area (TPSA) is 182 Å². The van der Waals surface area contributed by atoms with Crippen LogP contribution in [0.2, 0.25) is 5.02 Å². The summed E-state index contributed by atoms with van der Waals surface area (Å²) in [5.41, 5.74) is -0.0387. The van der Waals surface area contributed by atoms with Crippen molar-refractivity contribution in [2.75, 3.05) is 37.0 Å². The highest BCUT2D eigenvalue weighted by atomic mass is 35.5. The van der Waals surface area contributed by atoms with Gasteiger partial charge in [0.1, 0.15) is 40.9 Å². The molecule has 0 bridgehead atoms. The molecule has 2 aromatic heterocycles. The molecule has 350 valence electrons. The van der Waals surface area contributed by atoms with E-state index in [1.54, 1.807) is 4.57 Å². The number of unbranched alkanes of at least 4 members (excludes halogenated alkanes) is 7. The lowest BCUT2D eigenvalue weighted by atomic mass is 9.94. The number of aromatic nitrogens is 1. The molecule has 14 nitrogen and oxygen atoms in total. The minimum Gasteiger partial charge on any atom is -0.477 e. The number of thiophene rings is 1. The van der Waals surface area contributed by atoms with Gasteiger partial charge in [-0.3, -0.25) is 28.9 Å². The van der Waals surface area contributed by atoms with Gasteiger partial charge in [-0.05, 0) is 62.0 Å². The van der Waals surface area contributed by atoms with Crippen molar-refractivity contribution >= 4 is 86.8 Å². The fraction of sp³-hybridized carbons (Fsp3) is 0.553. The number of amides is 2. The molecule has 0 radical (unpaired) electrons. The maximum absolute atomic E-state index is 15.8. The Balaban J connectivity index is 0.799. The number of pyridine rings is 1. The number of rotatable bonds is 22. The number of ether oxygens (including phenoxy) is 2. The first-order chi connectivity index (χ1) is 31.3. The number of fused-ring (bicyclic) bond motifs is 2. The zero-order chi connectivity index (χ0) is 46.2. The van der Waals surface area contributed by atoms with E-state index in [0.29, 0.717) is 49.2 Å². The van der Waals surface area contributed by atoms with Crippen LogP contribution in [0.4, 0.5) is 10.1 Å². The number of carbonyl (C=O) groups is 6. The molecule has 4 aliphatic rings. The number of hydrogen-bond donors (Lipinski definition) is 2. The number of Topliss-reactive ketones (excluding diaryl/α,β-unsaturated/α-hetero) is 1. The minimum atomic E-state index is -1.36. The second-order valence-electron chi connectivity index (χ2n) is 17.4. The summed E-state index contributed by atoms with van der Waals surface area (Å²) >= 11 is 9.77. The van der Waals surface area contributed by atoms with Crippen LogP contribution >= 0.6 is 34.7 Å². The Morgan fingerprint density at radius 1 is 0.985 bits per heavy atom. The van der Waals surface area contributed by atoms with Crippen LogP contribution in [0.1, 0.15) is 125 Å². The number of carboxylic acid groups (broad SMARTS) is 1. The highest BCUT2D eigenvalue weighted by molar-refractivity contribution is 8.00. The molecule has 2 N–H and O–H groups in total. The normalized spacial score (nSPS) is 19.7. The largest absolute Gasteiger partial charge is 0.477 e. The van der Waals surface area contributed by atoms with Crippen molar-refractivity contribution in [2.24, 2.45) is 5.92 Å². The number of hydrogen-bond acceptors (Lipinski definition) is 12. The van der Waals surface area contributed by atoms with Crippen molar-refractivity contribution in [3.05, 3.63) is 72.5 Å². The number of benzene rings is 1. The van der Waals surface area contributed by atoms with E-state index < -0.39 is 52.0 Å². The lowest BCUT2D eigenvalue weighted by Gasteiger charge is -2.49. The van der Waals surface area contributed by atoms with Gasteiger partial charge in [0, 0.05) is 61.3 Å². The van der Waals surface area contributed by atoms with Gasteiger partial charge in [-0.15, -0.1) is 23.1 Å². The average molecular weight is 956 g/mol. The Morgan fingerprint density at radius 3 is 2.42 bits per heavy atom. The SMILES string of the molecule is CC(=O)OCC1=C(C(=O)OCCCCCCCCCCC(=O)C[C@H]2CCCCN(c3c(F)cc4c(=O)c(C(=O)O)cn(C5CC5)c4c3Cl)C2)N2C(=O)[C@@H](NC(=O)Cc3cccs3)[C@H]2SC1. The van der Waals surface area contributed by atoms with Crippen LogP contribution in [0, 0.1) is 11.7 Å². The van der Waals surface area contributed by atoms with Gasteiger partial charge in [-0.1, -0.05) is 62.6 Å². The van der Waals surface area contributed by atoms with Gasteiger partial charge in [0.15, 0.2) is 0 Å². The molecule has 1 aromatic carbocycles. The van der Waals surface area contributed by atoms with Crippen molar-refractivity contribution in [1.29, 1.82) is 0 Å². The summed E-state index contributed by atoms with van der Waals surface area (Å²) in [7, 11) is 0. The van der Waals surface area contributed by atoms with Crippen molar-refractivity contribution in [3.8, 4) is 0 Å². The number of carbonyl (C=O) groups excluding carboxylic acids is 5. The molecule has 1 saturated carbocycles. The van der Waals surface area contributed by atoms with Gasteiger partial charge in [0.05, 0.1) is 34.6 Å². The Morgan fingerprint density at radius 2 is 1.72 bits per heavy atom. The second-order valence-corrected chi connectivity index (χ2v) is 20.0. The van der Waals surface area contributed by atoms with Gasteiger partial charge in [0.25, 0.3) is 5.91 Å². The first-order valence-corrected chi connectivity index (χ1v) is 25.0. The van der Waals surface area contributed by atoms with Crippen molar-refractivity contribution < 1.29 is 47.7 Å². The summed E-state index contributed by atoms with van der Waals surface area (Å²) in [6, 6.07) is 4.06. The molecule has 3 aromatic rings. The molecule has 0 unspecified atom stereocenters. The molecule has 3 fully saturated rings. The average Bonchev–Trinajstić information content (AvgIpc) is 4.04. The van der Waals surface area contributed by atoms with Crippen LogP contribution in [-0.4, -0.2) is 93.6 Å². The monoisotopic (exact) mass is 954 g/mol. The molecular formula is C47H56ClFN4O10S2. The molecule has 1 aliphatic carbocycles. The maximum Gasteiger partial charge on any atom is 0.355 e. The third kappa shape index (κ3) is 11.8. The van der Waals surface area contributed by atoms with Gasteiger partial charge >= 0.3 is 17.9 Å². The summed E-state index contributed by atoms with van der Waals surface area (Å²) in [6.45, 7) is 2.33. The number of halogens is 2. The molecule has 3 aliphatic heterocycles. The number of esters is 2. The van der Waals surface area contributed by atoms with Crippen molar-refractivity contribution in [2.45, 2.75) is 127 Å². The number of β-lactam (4-membered cyclic amide) rings is 1. The predicted molar refractivity (Wildman–Crippen MR) is 247 cm³/mol. The van der Waals surface area contributed by atoms with E-state index in [0.717, 1.165) is 88.0 Å². The maximum atomic E-state index is 15.8. The Hall–Kier alpha value is -4.74. The molecule has 7 rings (SSSR count). The quantitative estimate of drug-likeness (QED) is 0.0564. The molecule has 3 atom stereocenters. The molecular weight excluding hydrogens is 899 g/mol. The van der Waals surface area contributed by atoms with Crippen LogP contribution in [0.15, 0.2) is 45.8 Å². The molecule has 0 spiro atoms. The van der Waals surface area contributed by atoms with E-state index in [-0.39, 0.29) is 65.1 Å².